The summed E-state index contributed by atoms with van der Waals surface area (Å²) in [6.45, 7) is 2.16. The van der Waals surface area contributed by atoms with Gasteiger partial charge in [-0.15, -0.1) is 0 Å². The van der Waals surface area contributed by atoms with Crippen molar-refractivity contribution in [3.05, 3.63) is 53.7 Å². The summed E-state index contributed by atoms with van der Waals surface area (Å²) in [5.41, 5.74) is 3.21. The molecule has 0 amide bonds. The van der Waals surface area contributed by atoms with E-state index in [9.17, 15) is 0 Å². The molecule has 0 spiro atoms. The molecule has 1 N–H and O–H groups in total. The van der Waals surface area contributed by atoms with E-state index in [0.29, 0.717) is 12.5 Å². The van der Waals surface area contributed by atoms with Crippen molar-refractivity contribution in [3.63, 3.8) is 0 Å². The minimum atomic E-state index is 0.491. The fourth-order valence-electron chi connectivity index (χ4n) is 2.31. The third kappa shape index (κ3) is 3.19. The molecule has 0 saturated heterocycles. The number of ether oxygens (including phenoxy) is 1. The number of nitrogens with zero attached hydrogens (tertiary/aromatic N) is 3. The van der Waals surface area contributed by atoms with Crippen LogP contribution in [0.2, 0.25) is 0 Å². The van der Waals surface area contributed by atoms with Crippen molar-refractivity contribution < 1.29 is 4.74 Å². The predicted molar refractivity (Wildman–Crippen MR) is 88.7 cm³/mol. The monoisotopic (exact) mass is 296 g/mol. The number of aromatic nitrogens is 1. The summed E-state index contributed by atoms with van der Waals surface area (Å²) in [6.07, 6.45) is 1.74. The highest BCUT2D eigenvalue weighted by molar-refractivity contribution is 6.01. The van der Waals surface area contributed by atoms with E-state index in [2.05, 4.69) is 44.5 Å². The quantitative estimate of drug-likeness (QED) is 0.918. The lowest BCUT2D eigenvalue weighted by Crippen LogP contribution is -2.20. The number of rotatable bonds is 5. The van der Waals surface area contributed by atoms with Crippen LogP contribution in [-0.4, -0.2) is 38.0 Å². The van der Waals surface area contributed by atoms with E-state index in [-0.39, 0.29) is 0 Å². The highest BCUT2D eigenvalue weighted by atomic mass is 16.5. The lowest BCUT2D eigenvalue weighted by Gasteiger charge is -2.13. The van der Waals surface area contributed by atoms with Crippen LogP contribution in [0.25, 0.3) is 0 Å². The topological polar surface area (TPSA) is 49.8 Å². The van der Waals surface area contributed by atoms with E-state index in [1.165, 1.54) is 5.69 Å². The maximum Gasteiger partial charge on any atom is 0.224 e. The van der Waals surface area contributed by atoms with Crippen LogP contribution in [0.5, 0.6) is 5.88 Å². The molecule has 1 aromatic carbocycles. The zero-order chi connectivity index (χ0) is 15.4. The normalized spacial score (nSPS) is 13.5. The van der Waals surface area contributed by atoms with Crippen LogP contribution in [-0.2, 0) is 6.61 Å². The van der Waals surface area contributed by atoms with Crippen molar-refractivity contribution in [2.45, 2.75) is 6.61 Å². The van der Waals surface area contributed by atoms with Gasteiger partial charge in [0.15, 0.2) is 0 Å². The van der Waals surface area contributed by atoms with Crippen molar-refractivity contribution in [2.24, 2.45) is 4.99 Å². The summed E-state index contributed by atoms with van der Waals surface area (Å²) in [5, 5.41) is 3.26. The van der Waals surface area contributed by atoms with Gasteiger partial charge in [0, 0.05) is 32.5 Å². The number of benzene rings is 1. The van der Waals surface area contributed by atoms with Crippen LogP contribution >= 0.6 is 0 Å². The predicted octanol–water partition coefficient (Wildman–Crippen LogP) is 2.08. The Hall–Kier alpha value is -2.56. The smallest absolute Gasteiger partial charge is 0.224 e. The molecule has 0 bridgehead atoms. The van der Waals surface area contributed by atoms with E-state index < -0.39 is 0 Å². The summed E-state index contributed by atoms with van der Waals surface area (Å²) >= 11 is 0. The number of anilines is 1. The number of aliphatic imine (C=N–C) groups is 1. The summed E-state index contributed by atoms with van der Waals surface area (Å²) in [4.78, 5) is 10.8. The molecule has 0 aliphatic carbocycles. The van der Waals surface area contributed by atoms with Crippen molar-refractivity contribution in [3.8, 4) is 5.88 Å². The van der Waals surface area contributed by atoms with Crippen LogP contribution in [0.1, 0.15) is 11.1 Å². The molecule has 2 aromatic rings. The Bertz CT molecular complexity index is 665. The van der Waals surface area contributed by atoms with Crippen LogP contribution in [0.4, 0.5) is 5.69 Å². The Kier molecular flexibility index (Phi) is 4.23. The molecule has 2 heterocycles. The molecule has 1 aliphatic heterocycles. The van der Waals surface area contributed by atoms with Gasteiger partial charge in [-0.1, -0.05) is 12.1 Å². The number of pyridine rings is 1. The molecular formula is C17H20N4O. The largest absolute Gasteiger partial charge is 0.472 e. The highest BCUT2D eigenvalue weighted by Gasteiger charge is 2.14. The fraction of sp³-hybridized carbons (Fsp3) is 0.294. The molecule has 5 nitrogen and oxygen atoms in total. The Morgan fingerprint density at radius 2 is 2.00 bits per heavy atom. The Morgan fingerprint density at radius 3 is 2.68 bits per heavy atom. The van der Waals surface area contributed by atoms with Gasteiger partial charge in [0.05, 0.1) is 12.1 Å². The fourth-order valence-corrected chi connectivity index (χ4v) is 2.31. The van der Waals surface area contributed by atoms with E-state index in [1.54, 1.807) is 6.20 Å². The van der Waals surface area contributed by atoms with Crippen LogP contribution in [0.15, 0.2) is 47.6 Å². The molecule has 1 aliphatic rings. The Labute approximate surface area is 130 Å². The summed E-state index contributed by atoms with van der Waals surface area (Å²) in [6, 6.07) is 12.2. The lowest BCUT2D eigenvalue weighted by atomic mass is 10.2. The maximum absolute atomic E-state index is 5.89. The van der Waals surface area contributed by atoms with Crippen LogP contribution in [0.3, 0.4) is 0 Å². The number of hydrogen-bond donors (Lipinski definition) is 1. The zero-order valence-electron chi connectivity index (χ0n) is 12.9. The van der Waals surface area contributed by atoms with Crippen molar-refractivity contribution in [2.75, 3.05) is 32.1 Å². The average molecular weight is 296 g/mol. The molecule has 114 valence electrons. The van der Waals surface area contributed by atoms with Gasteiger partial charge in [-0.25, -0.2) is 4.98 Å². The second kappa shape index (κ2) is 6.47. The second-order valence-corrected chi connectivity index (χ2v) is 5.36. The number of amidine groups is 1. The molecular weight excluding hydrogens is 276 g/mol. The van der Waals surface area contributed by atoms with Gasteiger partial charge >= 0.3 is 0 Å². The van der Waals surface area contributed by atoms with Crippen molar-refractivity contribution in [1.82, 2.24) is 10.3 Å². The molecule has 0 fully saturated rings. The van der Waals surface area contributed by atoms with Gasteiger partial charge in [0.2, 0.25) is 5.88 Å². The van der Waals surface area contributed by atoms with Gasteiger partial charge in [0.1, 0.15) is 12.4 Å². The third-order valence-electron chi connectivity index (χ3n) is 3.53. The number of hydrogen-bond acceptors (Lipinski definition) is 5. The Balaban J connectivity index is 1.71. The first-order chi connectivity index (χ1) is 10.7. The van der Waals surface area contributed by atoms with Gasteiger partial charge < -0.3 is 15.0 Å². The molecule has 0 radical (unpaired) electrons. The van der Waals surface area contributed by atoms with E-state index >= 15 is 0 Å². The van der Waals surface area contributed by atoms with Gasteiger partial charge in [-0.2, -0.15) is 0 Å². The van der Waals surface area contributed by atoms with Crippen LogP contribution in [0, 0.1) is 0 Å². The summed E-state index contributed by atoms with van der Waals surface area (Å²) in [7, 11) is 4.06. The first-order valence-corrected chi connectivity index (χ1v) is 7.37. The average Bonchev–Trinajstić information content (AvgIpc) is 3.08. The molecule has 1 aromatic heterocycles. The Morgan fingerprint density at radius 1 is 1.18 bits per heavy atom. The first kappa shape index (κ1) is 14.4. The molecule has 3 rings (SSSR count). The zero-order valence-corrected chi connectivity index (χ0v) is 12.9. The standard InChI is InChI=1S/C17H20N4O/c1-21(2)14-7-5-13(6-8-14)12-22-17-15(4-3-9-20-17)16-18-10-11-19-16/h3-9H,10-12H2,1-2H3,(H,18,19). The molecule has 0 atom stereocenters. The van der Waals surface area contributed by atoms with E-state index in [1.807, 2.05) is 26.2 Å². The second-order valence-electron chi connectivity index (χ2n) is 5.36. The maximum atomic E-state index is 5.89. The van der Waals surface area contributed by atoms with Crippen molar-refractivity contribution >= 4 is 11.5 Å². The summed E-state index contributed by atoms with van der Waals surface area (Å²) < 4.78 is 5.89. The minimum absolute atomic E-state index is 0.491. The molecule has 5 heteroatoms. The summed E-state index contributed by atoms with van der Waals surface area (Å²) in [5.74, 6) is 1.48. The van der Waals surface area contributed by atoms with Gasteiger partial charge in [-0.05, 0) is 29.8 Å². The highest BCUT2D eigenvalue weighted by Crippen LogP contribution is 2.18. The molecule has 22 heavy (non-hydrogen) atoms. The SMILES string of the molecule is CN(C)c1ccc(COc2ncccc2C2=NCCN2)cc1. The van der Waals surface area contributed by atoms with Gasteiger partial charge in [-0.3, -0.25) is 4.99 Å². The first-order valence-electron chi connectivity index (χ1n) is 7.37. The van der Waals surface area contributed by atoms with E-state index in [0.717, 1.165) is 30.1 Å². The molecule has 0 unspecified atom stereocenters. The molecule has 0 saturated carbocycles. The third-order valence-corrected chi connectivity index (χ3v) is 3.53. The van der Waals surface area contributed by atoms with Crippen molar-refractivity contribution in [1.29, 1.82) is 0 Å². The lowest BCUT2D eigenvalue weighted by molar-refractivity contribution is 0.293. The number of nitrogens with one attached hydrogen (secondary N) is 1. The van der Waals surface area contributed by atoms with Gasteiger partial charge in [0.25, 0.3) is 0 Å². The minimum Gasteiger partial charge on any atom is -0.472 e. The van der Waals surface area contributed by atoms with Crippen LogP contribution < -0.4 is 15.0 Å². The van der Waals surface area contributed by atoms with E-state index in [4.69, 9.17) is 4.74 Å².